The molecule has 6 heteroatoms. The van der Waals surface area contributed by atoms with Crippen LogP contribution in [0, 0.1) is 17.1 Å². The van der Waals surface area contributed by atoms with Crippen molar-refractivity contribution < 1.29 is 9.18 Å². The van der Waals surface area contributed by atoms with Gasteiger partial charge < -0.3 is 10.6 Å². The average Bonchev–Trinajstić information content (AvgIpc) is 3.18. The van der Waals surface area contributed by atoms with Crippen LogP contribution in [0.15, 0.2) is 73.1 Å². The largest absolute Gasteiger partial charge is 0.333 e. The Morgan fingerprint density at radius 2 is 1.69 bits per heavy atom. The van der Waals surface area contributed by atoms with Gasteiger partial charge in [-0.3, -0.25) is 9.78 Å². The molecule has 0 spiro atoms. The quantitative estimate of drug-likeness (QED) is 0.413. The molecule has 2 fully saturated rings. The molecule has 0 saturated carbocycles. The molecule has 1 aromatic heterocycles. The van der Waals surface area contributed by atoms with Crippen LogP contribution in [-0.4, -0.2) is 33.9 Å². The third kappa shape index (κ3) is 3.82. The number of rotatable bonds is 3. The highest BCUT2D eigenvalue weighted by atomic mass is 19.1. The normalized spacial score (nSPS) is 20.9. The monoisotopic (exact) mass is 476 g/mol. The molecule has 36 heavy (non-hydrogen) atoms. The lowest BCUT2D eigenvalue weighted by Gasteiger charge is -2.38. The third-order valence-corrected chi connectivity index (χ3v) is 7.62. The second-order valence-corrected chi connectivity index (χ2v) is 9.83. The van der Waals surface area contributed by atoms with Crippen molar-refractivity contribution in [1.82, 2.24) is 9.88 Å². The van der Waals surface area contributed by atoms with Crippen molar-refractivity contribution in [3.63, 3.8) is 0 Å². The lowest BCUT2D eigenvalue weighted by Crippen LogP contribution is -2.50. The summed E-state index contributed by atoms with van der Waals surface area (Å²) in [6.07, 6.45) is 7.21. The maximum atomic E-state index is 14.7. The van der Waals surface area contributed by atoms with Crippen LogP contribution < -0.4 is 5.73 Å². The van der Waals surface area contributed by atoms with Crippen LogP contribution in [0.5, 0.6) is 0 Å². The van der Waals surface area contributed by atoms with Crippen molar-refractivity contribution in [1.29, 1.82) is 5.26 Å². The summed E-state index contributed by atoms with van der Waals surface area (Å²) in [5.41, 5.74) is 10.0. The van der Waals surface area contributed by atoms with E-state index in [1.807, 2.05) is 53.6 Å². The van der Waals surface area contributed by atoms with Crippen LogP contribution in [0.2, 0.25) is 0 Å². The van der Waals surface area contributed by atoms with Crippen LogP contribution in [0.25, 0.3) is 33.0 Å². The van der Waals surface area contributed by atoms with Crippen LogP contribution >= 0.6 is 0 Å². The fourth-order valence-corrected chi connectivity index (χ4v) is 5.89. The van der Waals surface area contributed by atoms with Gasteiger partial charge in [0.25, 0.3) is 5.91 Å². The van der Waals surface area contributed by atoms with Gasteiger partial charge in [-0.2, -0.15) is 5.26 Å². The van der Waals surface area contributed by atoms with Crippen LogP contribution in [0.4, 0.5) is 4.39 Å². The summed E-state index contributed by atoms with van der Waals surface area (Å²) in [5, 5.41) is 11.3. The van der Waals surface area contributed by atoms with E-state index < -0.39 is 5.82 Å². The van der Waals surface area contributed by atoms with E-state index in [0.717, 1.165) is 53.1 Å². The minimum absolute atomic E-state index is 0.000836. The standard InChI is InChI=1S/C30H25FN4O/c31-29-13-20(1-3-22(29)16-32)28-12-21(30(36)35-25-6-7-26(35)15-24(33)14-25)5-8-27(28)19-2-4-23-17-34-10-9-18(23)11-19/h1-5,8-13,17,24-26H,6-7,14-15,33H2/t24?,25-,26+. The van der Waals surface area contributed by atoms with E-state index in [9.17, 15) is 14.4 Å². The second-order valence-electron chi connectivity index (χ2n) is 9.83. The van der Waals surface area contributed by atoms with E-state index in [-0.39, 0.29) is 29.6 Å². The summed E-state index contributed by atoms with van der Waals surface area (Å²) in [6, 6.07) is 20.7. The highest BCUT2D eigenvalue weighted by Gasteiger charge is 2.42. The van der Waals surface area contributed by atoms with Gasteiger partial charge in [-0.05, 0) is 89.7 Å². The number of fused-ring (bicyclic) bond motifs is 3. The Labute approximate surface area is 209 Å². The molecule has 2 bridgehead atoms. The number of nitrogens with zero attached hydrogens (tertiary/aromatic N) is 3. The van der Waals surface area contributed by atoms with Crippen molar-refractivity contribution >= 4 is 16.7 Å². The summed E-state index contributed by atoms with van der Waals surface area (Å²) in [7, 11) is 0. The zero-order valence-electron chi connectivity index (χ0n) is 19.7. The van der Waals surface area contributed by atoms with Gasteiger partial charge in [0.15, 0.2) is 0 Å². The Kier molecular flexibility index (Phi) is 5.50. The predicted molar refractivity (Wildman–Crippen MR) is 137 cm³/mol. The number of halogens is 1. The van der Waals surface area contributed by atoms with Gasteiger partial charge in [-0.25, -0.2) is 4.39 Å². The van der Waals surface area contributed by atoms with Crippen molar-refractivity contribution in [2.24, 2.45) is 5.73 Å². The molecule has 0 aliphatic carbocycles. The molecule has 1 unspecified atom stereocenters. The predicted octanol–water partition coefficient (Wildman–Crippen LogP) is 5.67. The number of carbonyl (C=O) groups is 1. The summed E-state index contributed by atoms with van der Waals surface area (Å²) >= 11 is 0. The van der Waals surface area contributed by atoms with Crippen molar-refractivity contribution in [3.8, 4) is 28.3 Å². The number of carbonyl (C=O) groups excluding carboxylic acids is 1. The maximum Gasteiger partial charge on any atom is 0.254 e. The SMILES string of the molecule is N#Cc1ccc(-c2cc(C(=O)N3[C@@H]4CC[C@H]3CC(N)C4)ccc2-c2ccc3cnccc3c2)cc1F. The summed E-state index contributed by atoms with van der Waals surface area (Å²) in [4.78, 5) is 19.9. The first-order valence-corrected chi connectivity index (χ1v) is 12.3. The Balaban J connectivity index is 1.47. The number of piperidine rings is 1. The van der Waals surface area contributed by atoms with Crippen molar-refractivity contribution in [2.45, 2.75) is 43.8 Å². The van der Waals surface area contributed by atoms with Gasteiger partial charge in [0.05, 0.1) is 5.56 Å². The fraction of sp³-hybridized carbons (Fsp3) is 0.233. The van der Waals surface area contributed by atoms with E-state index in [0.29, 0.717) is 11.1 Å². The average molecular weight is 477 g/mol. The number of amides is 1. The van der Waals surface area contributed by atoms with Crippen LogP contribution in [0.1, 0.15) is 41.6 Å². The van der Waals surface area contributed by atoms with Crippen LogP contribution in [0.3, 0.4) is 0 Å². The lowest BCUT2D eigenvalue weighted by molar-refractivity contribution is 0.0575. The van der Waals surface area contributed by atoms with Gasteiger partial charge >= 0.3 is 0 Å². The summed E-state index contributed by atoms with van der Waals surface area (Å²) < 4.78 is 14.7. The molecule has 3 heterocycles. The number of nitrogens with two attached hydrogens (primary N) is 1. The van der Waals surface area contributed by atoms with Gasteiger partial charge in [0.1, 0.15) is 11.9 Å². The first-order valence-electron chi connectivity index (χ1n) is 12.3. The molecule has 5 nitrogen and oxygen atoms in total. The van der Waals surface area contributed by atoms with E-state index in [4.69, 9.17) is 5.73 Å². The first-order chi connectivity index (χ1) is 17.5. The van der Waals surface area contributed by atoms with Gasteiger partial charge in [-0.15, -0.1) is 0 Å². The molecule has 0 radical (unpaired) electrons. The number of aromatic nitrogens is 1. The van der Waals surface area contributed by atoms with E-state index >= 15 is 0 Å². The molecule has 2 aliphatic heterocycles. The second kappa shape index (κ2) is 8.85. The van der Waals surface area contributed by atoms with E-state index in [1.165, 1.54) is 12.1 Å². The molecule has 2 N–H and O–H groups in total. The van der Waals surface area contributed by atoms with Crippen LogP contribution in [-0.2, 0) is 0 Å². The molecular formula is C30H25FN4O. The zero-order chi connectivity index (χ0) is 24.8. The van der Waals surface area contributed by atoms with E-state index in [1.54, 1.807) is 12.3 Å². The lowest BCUT2D eigenvalue weighted by atomic mass is 9.90. The fourth-order valence-electron chi connectivity index (χ4n) is 5.89. The molecule has 2 saturated heterocycles. The summed E-state index contributed by atoms with van der Waals surface area (Å²) in [5.74, 6) is -0.578. The molecule has 6 rings (SSSR count). The van der Waals surface area contributed by atoms with Gasteiger partial charge in [-0.1, -0.05) is 24.3 Å². The maximum absolute atomic E-state index is 14.7. The topological polar surface area (TPSA) is 83.0 Å². The number of hydrogen-bond donors (Lipinski definition) is 1. The molecule has 2 aliphatic rings. The molecule has 3 aromatic carbocycles. The minimum atomic E-state index is -0.578. The molecular weight excluding hydrogens is 451 g/mol. The number of pyridine rings is 1. The Morgan fingerprint density at radius 1 is 0.944 bits per heavy atom. The molecule has 3 atom stereocenters. The number of hydrogen-bond acceptors (Lipinski definition) is 4. The number of nitriles is 1. The van der Waals surface area contributed by atoms with Gasteiger partial charge in [0, 0.05) is 41.5 Å². The Hall–Kier alpha value is -4.08. The minimum Gasteiger partial charge on any atom is -0.333 e. The zero-order valence-corrected chi connectivity index (χ0v) is 19.7. The van der Waals surface area contributed by atoms with Crippen molar-refractivity contribution in [3.05, 3.63) is 90.0 Å². The van der Waals surface area contributed by atoms with Gasteiger partial charge in [0.2, 0.25) is 0 Å². The smallest absolute Gasteiger partial charge is 0.254 e. The van der Waals surface area contributed by atoms with Crippen molar-refractivity contribution in [2.75, 3.05) is 0 Å². The molecule has 4 aromatic rings. The number of benzene rings is 3. The highest BCUT2D eigenvalue weighted by Crippen LogP contribution is 2.39. The molecule has 178 valence electrons. The Morgan fingerprint density at radius 3 is 2.44 bits per heavy atom. The highest BCUT2D eigenvalue weighted by molar-refractivity contribution is 5.99. The molecule has 1 amide bonds. The third-order valence-electron chi connectivity index (χ3n) is 7.62. The first kappa shape index (κ1) is 22.4. The Bertz CT molecular complexity index is 1530. The van der Waals surface area contributed by atoms with E-state index in [2.05, 4.69) is 11.1 Å². The summed E-state index contributed by atoms with van der Waals surface area (Å²) in [6.45, 7) is 0.